The van der Waals surface area contributed by atoms with Crippen LogP contribution in [0.1, 0.15) is 17.2 Å². The molecule has 0 fully saturated rings. The molecule has 0 aliphatic carbocycles. The summed E-state index contributed by atoms with van der Waals surface area (Å²) in [6.07, 6.45) is 0.937. The number of methoxy groups -OCH3 is 1. The Balaban J connectivity index is 0.00000280. The maximum atomic E-state index is 12.6. The van der Waals surface area contributed by atoms with Crippen molar-refractivity contribution in [1.29, 1.82) is 0 Å². The number of esters is 1. The number of sulfonamides is 1. The lowest BCUT2D eigenvalue weighted by molar-refractivity contribution is -0.142. The second-order valence-electron chi connectivity index (χ2n) is 6.14. The lowest BCUT2D eigenvalue weighted by Crippen LogP contribution is -2.38. The molecule has 0 saturated heterocycles. The van der Waals surface area contributed by atoms with Crippen molar-refractivity contribution in [3.05, 3.63) is 59.7 Å². The van der Waals surface area contributed by atoms with Crippen LogP contribution < -0.4 is 14.8 Å². The van der Waals surface area contributed by atoms with Crippen LogP contribution in [0.5, 0.6) is 5.75 Å². The third-order valence-electron chi connectivity index (χ3n) is 4.41. The number of carbonyl (C=O) groups excluding carboxylic acids is 1. The van der Waals surface area contributed by atoms with E-state index in [1.54, 1.807) is 0 Å². The summed E-state index contributed by atoms with van der Waals surface area (Å²) in [5.41, 5.74) is 2.37. The molecular weight excluding hydrogens is 404 g/mol. The van der Waals surface area contributed by atoms with E-state index in [1.165, 1.54) is 36.9 Å². The lowest BCUT2D eigenvalue weighted by atomic mass is 9.95. The first-order valence-electron chi connectivity index (χ1n) is 8.60. The van der Waals surface area contributed by atoms with Gasteiger partial charge in [-0.25, -0.2) is 17.9 Å². The van der Waals surface area contributed by atoms with Crippen molar-refractivity contribution in [3.63, 3.8) is 0 Å². The SMILES string of the molecule is COC(=O)COc1ccc(S(=O)(=O)NCC2NCCc3ccccc32)cc1.Cl. The molecule has 1 aliphatic heterocycles. The molecule has 1 atom stereocenters. The summed E-state index contributed by atoms with van der Waals surface area (Å²) in [5.74, 6) is -0.115. The highest BCUT2D eigenvalue weighted by atomic mass is 35.5. The third kappa shape index (κ3) is 5.45. The van der Waals surface area contributed by atoms with Crippen molar-refractivity contribution in [2.45, 2.75) is 17.4 Å². The van der Waals surface area contributed by atoms with Crippen LogP contribution in [0.3, 0.4) is 0 Å². The van der Waals surface area contributed by atoms with Crippen LogP contribution in [-0.2, 0) is 26.0 Å². The van der Waals surface area contributed by atoms with E-state index in [2.05, 4.69) is 20.8 Å². The molecule has 1 heterocycles. The Kier molecular flexibility index (Phi) is 7.82. The number of hydrogen-bond acceptors (Lipinski definition) is 6. The Bertz CT molecular complexity index is 903. The quantitative estimate of drug-likeness (QED) is 0.656. The van der Waals surface area contributed by atoms with E-state index in [9.17, 15) is 13.2 Å². The number of halogens is 1. The highest BCUT2D eigenvalue weighted by Crippen LogP contribution is 2.23. The molecule has 0 aromatic heterocycles. The van der Waals surface area contributed by atoms with E-state index < -0.39 is 16.0 Å². The first kappa shape index (κ1) is 22.2. The molecule has 0 radical (unpaired) electrons. The number of rotatable bonds is 7. The van der Waals surface area contributed by atoms with Gasteiger partial charge in [0, 0.05) is 12.6 Å². The van der Waals surface area contributed by atoms with Gasteiger partial charge in [0.05, 0.1) is 12.0 Å². The molecule has 0 saturated carbocycles. The topological polar surface area (TPSA) is 93.7 Å². The molecule has 2 aromatic rings. The van der Waals surface area contributed by atoms with Gasteiger partial charge < -0.3 is 14.8 Å². The zero-order valence-electron chi connectivity index (χ0n) is 15.4. The highest BCUT2D eigenvalue weighted by molar-refractivity contribution is 7.89. The van der Waals surface area contributed by atoms with E-state index in [-0.39, 0.29) is 36.5 Å². The number of fused-ring (bicyclic) bond motifs is 1. The van der Waals surface area contributed by atoms with Gasteiger partial charge in [-0.2, -0.15) is 0 Å². The van der Waals surface area contributed by atoms with Gasteiger partial charge in [0.15, 0.2) is 6.61 Å². The number of nitrogens with one attached hydrogen (secondary N) is 2. The summed E-state index contributed by atoms with van der Waals surface area (Å²) in [6, 6.07) is 13.9. The summed E-state index contributed by atoms with van der Waals surface area (Å²) < 4.78 is 37.5. The molecule has 1 unspecified atom stereocenters. The predicted octanol–water partition coefficient (Wildman–Crippen LogP) is 1.83. The summed E-state index contributed by atoms with van der Waals surface area (Å²) in [7, 11) is -2.38. The van der Waals surface area contributed by atoms with Gasteiger partial charge in [-0.15, -0.1) is 12.4 Å². The van der Waals surface area contributed by atoms with Crippen LogP contribution in [0.15, 0.2) is 53.4 Å². The van der Waals surface area contributed by atoms with E-state index in [4.69, 9.17) is 4.74 Å². The van der Waals surface area contributed by atoms with Gasteiger partial charge in [-0.3, -0.25) is 0 Å². The molecule has 152 valence electrons. The summed E-state index contributed by atoms with van der Waals surface area (Å²) in [5, 5.41) is 3.35. The lowest BCUT2D eigenvalue weighted by Gasteiger charge is -2.27. The molecule has 0 amide bonds. The van der Waals surface area contributed by atoms with Crippen molar-refractivity contribution in [2.24, 2.45) is 0 Å². The molecule has 2 N–H and O–H groups in total. The standard InChI is InChI=1S/C19H22N2O5S.ClH/c1-25-19(22)13-26-15-6-8-16(9-7-15)27(23,24)21-12-18-17-5-3-2-4-14(17)10-11-20-18;/h2-9,18,20-21H,10-13H2,1H3;1H. The van der Waals surface area contributed by atoms with E-state index >= 15 is 0 Å². The Labute approximate surface area is 170 Å². The number of benzene rings is 2. The minimum atomic E-state index is -3.65. The number of hydrogen-bond donors (Lipinski definition) is 2. The third-order valence-corrected chi connectivity index (χ3v) is 5.85. The summed E-state index contributed by atoms with van der Waals surface area (Å²) in [4.78, 5) is 11.2. The van der Waals surface area contributed by atoms with Gasteiger partial charge in [-0.1, -0.05) is 24.3 Å². The molecule has 28 heavy (non-hydrogen) atoms. The first-order valence-corrected chi connectivity index (χ1v) is 10.1. The van der Waals surface area contributed by atoms with Gasteiger partial charge in [0.2, 0.25) is 10.0 Å². The fourth-order valence-corrected chi connectivity index (χ4v) is 4.01. The Hall–Kier alpha value is -2.13. The number of carbonyl (C=O) groups is 1. The van der Waals surface area contributed by atoms with Crippen molar-refractivity contribution in [1.82, 2.24) is 10.0 Å². The van der Waals surface area contributed by atoms with Crippen molar-refractivity contribution in [2.75, 3.05) is 26.8 Å². The van der Waals surface area contributed by atoms with E-state index in [0.717, 1.165) is 18.5 Å². The summed E-state index contributed by atoms with van der Waals surface area (Å²) in [6.45, 7) is 0.850. The van der Waals surface area contributed by atoms with Gasteiger partial charge >= 0.3 is 5.97 Å². The van der Waals surface area contributed by atoms with E-state index in [1.807, 2.05) is 18.2 Å². The monoisotopic (exact) mass is 426 g/mol. The fourth-order valence-electron chi connectivity index (χ4n) is 2.97. The van der Waals surface area contributed by atoms with Crippen molar-refractivity contribution >= 4 is 28.4 Å². The largest absolute Gasteiger partial charge is 0.482 e. The van der Waals surface area contributed by atoms with Gasteiger partial charge in [0.1, 0.15) is 5.75 Å². The Morgan fingerprint density at radius 2 is 1.89 bits per heavy atom. The zero-order valence-corrected chi connectivity index (χ0v) is 17.0. The van der Waals surface area contributed by atoms with Crippen LogP contribution in [0, 0.1) is 0 Å². The molecule has 1 aliphatic rings. The maximum Gasteiger partial charge on any atom is 0.343 e. The predicted molar refractivity (Wildman–Crippen MR) is 107 cm³/mol. The zero-order chi connectivity index (χ0) is 19.3. The van der Waals surface area contributed by atoms with Crippen LogP contribution in [0.25, 0.3) is 0 Å². The van der Waals surface area contributed by atoms with Crippen LogP contribution >= 0.6 is 12.4 Å². The Morgan fingerprint density at radius 3 is 2.61 bits per heavy atom. The molecule has 3 rings (SSSR count). The molecule has 0 bridgehead atoms. The van der Waals surface area contributed by atoms with Crippen molar-refractivity contribution in [3.8, 4) is 5.75 Å². The first-order chi connectivity index (χ1) is 13.0. The highest BCUT2D eigenvalue weighted by Gasteiger charge is 2.22. The van der Waals surface area contributed by atoms with Gasteiger partial charge in [0.25, 0.3) is 0 Å². The average Bonchev–Trinajstić information content (AvgIpc) is 2.70. The second-order valence-corrected chi connectivity index (χ2v) is 7.91. The van der Waals surface area contributed by atoms with Crippen LogP contribution in [0.4, 0.5) is 0 Å². The fraction of sp³-hybridized carbons (Fsp3) is 0.316. The minimum Gasteiger partial charge on any atom is -0.482 e. The summed E-state index contributed by atoms with van der Waals surface area (Å²) >= 11 is 0. The van der Waals surface area contributed by atoms with Crippen LogP contribution in [0.2, 0.25) is 0 Å². The van der Waals surface area contributed by atoms with Gasteiger partial charge in [-0.05, 0) is 48.4 Å². The normalized spacial score (nSPS) is 15.8. The molecule has 9 heteroatoms. The average molecular weight is 427 g/mol. The molecule has 2 aromatic carbocycles. The molecule has 7 nitrogen and oxygen atoms in total. The smallest absolute Gasteiger partial charge is 0.343 e. The second kappa shape index (κ2) is 9.88. The molecule has 0 spiro atoms. The van der Waals surface area contributed by atoms with Crippen LogP contribution in [-0.4, -0.2) is 41.2 Å². The maximum absolute atomic E-state index is 12.6. The Morgan fingerprint density at radius 1 is 1.18 bits per heavy atom. The van der Waals surface area contributed by atoms with E-state index in [0.29, 0.717) is 5.75 Å². The number of ether oxygens (including phenoxy) is 2. The minimum absolute atomic E-state index is 0. The molecular formula is C19H23ClN2O5S. The van der Waals surface area contributed by atoms with Crippen molar-refractivity contribution < 1.29 is 22.7 Å².